The van der Waals surface area contributed by atoms with E-state index in [1.54, 1.807) is 48.5 Å². The number of hydrogen-bond acceptors (Lipinski definition) is 6. The van der Waals surface area contributed by atoms with E-state index in [0.717, 1.165) is 50.6 Å². The first kappa shape index (κ1) is 30.7. The largest absolute Gasteiger partial charge is 0.494 e. The van der Waals surface area contributed by atoms with Gasteiger partial charge in [-0.2, -0.15) is 0 Å². The van der Waals surface area contributed by atoms with Crippen LogP contribution < -0.4 is 19.9 Å². The third kappa shape index (κ3) is 7.62. The Labute approximate surface area is 261 Å². The van der Waals surface area contributed by atoms with Gasteiger partial charge in [0.1, 0.15) is 17.6 Å². The molecule has 2 amide bonds. The number of thiocarbonyl (C=S) groups is 1. The smallest absolute Gasteiger partial charge is 0.256 e. The summed E-state index contributed by atoms with van der Waals surface area (Å²) in [6.45, 7) is 7.30. The Bertz CT molecular complexity index is 1420. The Kier molecular flexibility index (Phi) is 10.1. The molecule has 2 heterocycles. The molecule has 0 aromatic heterocycles. The maximum Gasteiger partial charge on any atom is 0.256 e. The van der Waals surface area contributed by atoms with Crippen LogP contribution in [0, 0.1) is 5.82 Å². The van der Waals surface area contributed by atoms with Crippen molar-refractivity contribution >= 4 is 57.8 Å². The highest BCUT2D eigenvalue weighted by atomic mass is 35.5. The second kappa shape index (κ2) is 14.2. The molecule has 0 spiro atoms. The van der Waals surface area contributed by atoms with E-state index in [2.05, 4.69) is 15.1 Å². The Balaban J connectivity index is 1.21. The Morgan fingerprint density at radius 2 is 1.60 bits per heavy atom. The zero-order chi connectivity index (χ0) is 30.3. The van der Waals surface area contributed by atoms with E-state index in [4.69, 9.17) is 28.6 Å². The van der Waals surface area contributed by atoms with E-state index in [9.17, 15) is 14.0 Å². The summed E-state index contributed by atoms with van der Waals surface area (Å²) in [6.07, 6.45) is 0.738. The first-order valence-electron chi connectivity index (χ1n) is 14.5. The predicted octanol–water partition coefficient (Wildman–Crippen LogP) is 5.42. The normalized spacial score (nSPS) is 17.5. The third-order valence-corrected chi connectivity index (χ3v) is 8.34. The van der Waals surface area contributed by atoms with Gasteiger partial charge < -0.3 is 19.9 Å². The summed E-state index contributed by atoms with van der Waals surface area (Å²) < 4.78 is 18.8. The van der Waals surface area contributed by atoms with Gasteiger partial charge in [0, 0.05) is 49.1 Å². The van der Waals surface area contributed by atoms with Crippen molar-refractivity contribution in [1.82, 2.24) is 9.80 Å². The van der Waals surface area contributed by atoms with Crippen molar-refractivity contribution in [3.05, 3.63) is 83.6 Å². The van der Waals surface area contributed by atoms with Crippen LogP contribution in [0.15, 0.2) is 72.8 Å². The van der Waals surface area contributed by atoms with E-state index in [-0.39, 0.29) is 24.1 Å². The summed E-state index contributed by atoms with van der Waals surface area (Å²) in [5.74, 6) is -0.0204. The molecule has 0 saturated carbocycles. The lowest BCUT2D eigenvalue weighted by molar-refractivity contribution is -0.124. The Hall–Kier alpha value is -3.73. The second-order valence-corrected chi connectivity index (χ2v) is 11.3. The number of ether oxygens (including phenoxy) is 1. The lowest BCUT2D eigenvalue weighted by atomic mass is 10.1. The average Bonchev–Trinajstić information content (AvgIpc) is 3.23. The van der Waals surface area contributed by atoms with Crippen LogP contribution in [-0.4, -0.2) is 78.6 Å². The minimum Gasteiger partial charge on any atom is -0.494 e. The molecule has 1 N–H and O–H groups in total. The van der Waals surface area contributed by atoms with Crippen molar-refractivity contribution in [3.63, 3.8) is 0 Å². The lowest BCUT2D eigenvalue weighted by Gasteiger charge is -2.36. The van der Waals surface area contributed by atoms with Crippen LogP contribution in [-0.2, 0) is 9.59 Å². The maximum atomic E-state index is 13.7. The number of piperazine rings is 1. The van der Waals surface area contributed by atoms with Crippen LogP contribution in [0.25, 0.3) is 0 Å². The number of nitrogens with zero attached hydrogens (tertiary/aromatic N) is 4. The van der Waals surface area contributed by atoms with Gasteiger partial charge >= 0.3 is 0 Å². The number of benzene rings is 3. The first-order valence-corrected chi connectivity index (χ1v) is 15.3. The molecule has 1 atom stereocenters. The van der Waals surface area contributed by atoms with Crippen molar-refractivity contribution in [2.24, 2.45) is 0 Å². The number of carbonyl (C=O) groups is 2. The van der Waals surface area contributed by atoms with Crippen molar-refractivity contribution in [2.75, 3.05) is 61.0 Å². The molecule has 43 heavy (non-hydrogen) atoms. The zero-order valence-electron chi connectivity index (χ0n) is 24.0. The van der Waals surface area contributed by atoms with Crippen LogP contribution in [0.1, 0.15) is 19.8 Å². The fourth-order valence-corrected chi connectivity index (χ4v) is 5.99. The summed E-state index contributed by atoms with van der Waals surface area (Å²) in [5, 5.41) is 3.84. The summed E-state index contributed by atoms with van der Waals surface area (Å²) >= 11 is 11.9. The van der Waals surface area contributed by atoms with Gasteiger partial charge in [0.2, 0.25) is 5.91 Å². The highest BCUT2D eigenvalue weighted by Crippen LogP contribution is 2.29. The van der Waals surface area contributed by atoms with Crippen LogP contribution in [0.3, 0.4) is 0 Å². The predicted molar refractivity (Wildman–Crippen MR) is 173 cm³/mol. The molecule has 2 aliphatic rings. The third-order valence-electron chi connectivity index (χ3n) is 7.67. The monoisotopic (exact) mass is 623 g/mol. The Morgan fingerprint density at radius 1 is 0.953 bits per heavy atom. The van der Waals surface area contributed by atoms with Crippen LogP contribution in [0.5, 0.6) is 5.75 Å². The molecular weight excluding hydrogens is 589 g/mol. The van der Waals surface area contributed by atoms with Crippen LogP contribution in [0.2, 0.25) is 5.02 Å². The van der Waals surface area contributed by atoms with Crippen molar-refractivity contribution < 1.29 is 18.7 Å². The summed E-state index contributed by atoms with van der Waals surface area (Å²) in [6, 6.07) is 20.0. The highest BCUT2D eigenvalue weighted by molar-refractivity contribution is 7.80. The molecule has 8 nitrogen and oxygen atoms in total. The second-order valence-electron chi connectivity index (χ2n) is 10.5. The van der Waals surface area contributed by atoms with E-state index in [1.807, 2.05) is 24.0 Å². The number of rotatable bonds is 11. The topological polar surface area (TPSA) is 68.4 Å². The lowest BCUT2D eigenvalue weighted by Crippen LogP contribution is -2.47. The summed E-state index contributed by atoms with van der Waals surface area (Å²) in [4.78, 5) is 34.8. The maximum absolute atomic E-state index is 13.7. The molecule has 5 rings (SSSR count). The number of hydrogen-bond donors (Lipinski definition) is 1. The van der Waals surface area contributed by atoms with Gasteiger partial charge in [-0.05, 0) is 105 Å². The number of nitrogens with one attached hydrogen (secondary N) is 1. The van der Waals surface area contributed by atoms with Gasteiger partial charge in [-0.1, -0.05) is 11.6 Å². The summed E-state index contributed by atoms with van der Waals surface area (Å²) in [5.41, 5.74) is 2.27. The zero-order valence-corrected chi connectivity index (χ0v) is 25.6. The number of halogens is 2. The van der Waals surface area contributed by atoms with Crippen molar-refractivity contribution in [1.29, 1.82) is 0 Å². The van der Waals surface area contributed by atoms with Gasteiger partial charge in [-0.15, -0.1) is 0 Å². The highest BCUT2D eigenvalue weighted by Gasteiger charge is 2.44. The molecule has 0 radical (unpaired) electrons. The molecule has 2 fully saturated rings. The minimum atomic E-state index is -0.721. The first-order chi connectivity index (χ1) is 20.8. The van der Waals surface area contributed by atoms with Gasteiger partial charge in [-0.25, -0.2) is 4.39 Å². The molecule has 3 aromatic carbocycles. The van der Waals surface area contributed by atoms with Gasteiger partial charge in [0.25, 0.3) is 5.91 Å². The van der Waals surface area contributed by atoms with E-state index in [0.29, 0.717) is 34.7 Å². The Morgan fingerprint density at radius 3 is 2.26 bits per heavy atom. The van der Waals surface area contributed by atoms with Crippen molar-refractivity contribution in [2.45, 2.75) is 25.8 Å². The number of carbonyl (C=O) groups excluding carboxylic acids is 2. The fourth-order valence-electron chi connectivity index (χ4n) is 5.45. The van der Waals surface area contributed by atoms with E-state index in [1.165, 1.54) is 17.0 Å². The molecular formula is C32H35ClFN5O3S. The van der Waals surface area contributed by atoms with Gasteiger partial charge in [0.15, 0.2) is 5.11 Å². The van der Waals surface area contributed by atoms with E-state index < -0.39 is 6.04 Å². The van der Waals surface area contributed by atoms with Gasteiger partial charge in [-0.3, -0.25) is 19.4 Å². The molecule has 2 aliphatic heterocycles. The molecule has 0 aliphatic carbocycles. The standard InChI is InChI=1S/C32H35ClFN5O3S/c1-2-42-28-14-8-25(9-15-28)35-30(40)22-29-31(41)39(27-10-4-23(33)5-11-27)32(43)38(29)17-3-16-36-18-20-37(21-19-36)26-12-6-24(34)7-13-26/h4-15,29H,2-3,16-22H2,1H3,(H,35,40)/t29-/m1/s1. The number of amides is 2. The average molecular weight is 624 g/mol. The molecule has 11 heteroatoms. The quantitative estimate of drug-likeness (QED) is 0.286. The molecule has 0 unspecified atom stereocenters. The van der Waals surface area contributed by atoms with Crippen molar-refractivity contribution in [3.8, 4) is 5.75 Å². The SMILES string of the molecule is CCOc1ccc(NC(=O)C[C@@H]2C(=O)N(c3ccc(Cl)cc3)C(=S)N2CCCN2CCN(c3ccc(F)cc3)CC2)cc1. The number of anilines is 3. The summed E-state index contributed by atoms with van der Waals surface area (Å²) in [7, 11) is 0. The van der Waals surface area contributed by atoms with Crippen LogP contribution >= 0.6 is 23.8 Å². The van der Waals surface area contributed by atoms with E-state index >= 15 is 0 Å². The fraction of sp³-hybridized carbons (Fsp3) is 0.344. The van der Waals surface area contributed by atoms with Crippen LogP contribution in [0.4, 0.5) is 21.5 Å². The van der Waals surface area contributed by atoms with Gasteiger partial charge in [0.05, 0.1) is 18.7 Å². The minimum absolute atomic E-state index is 0.0351. The molecule has 226 valence electrons. The molecule has 3 aromatic rings. The molecule has 0 bridgehead atoms. The molecule has 2 saturated heterocycles.